The lowest BCUT2D eigenvalue weighted by Crippen LogP contribution is -1.93. The molecule has 1 aromatic heterocycles. The van der Waals surface area contributed by atoms with Gasteiger partial charge in [-0.15, -0.1) is 0 Å². The fraction of sp³-hybridized carbons (Fsp3) is 0.0769. The van der Waals surface area contributed by atoms with E-state index < -0.39 is 5.82 Å². The number of methoxy groups -OCH3 is 1. The molecular weight excluding hydrogens is 219 g/mol. The van der Waals surface area contributed by atoms with E-state index in [1.54, 1.807) is 18.3 Å². The van der Waals surface area contributed by atoms with Crippen molar-refractivity contribution in [1.82, 2.24) is 4.98 Å². The SMILES string of the molecule is COc1ncccc1-c1cc(F)ccc1C#N. The van der Waals surface area contributed by atoms with Crippen molar-refractivity contribution >= 4 is 0 Å². The smallest absolute Gasteiger partial charge is 0.221 e. The summed E-state index contributed by atoms with van der Waals surface area (Å²) in [6.07, 6.45) is 1.58. The normalized spacial score (nSPS) is 9.71. The molecule has 0 aliphatic rings. The van der Waals surface area contributed by atoms with E-state index in [0.717, 1.165) is 0 Å². The lowest BCUT2D eigenvalue weighted by Gasteiger charge is -2.08. The molecule has 0 unspecified atom stereocenters. The molecule has 1 aromatic carbocycles. The predicted octanol–water partition coefficient (Wildman–Crippen LogP) is 2.77. The van der Waals surface area contributed by atoms with Crippen molar-refractivity contribution in [2.45, 2.75) is 0 Å². The van der Waals surface area contributed by atoms with E-state index >= 15 is 0 Å². The Bertz CT molecular complexity index is 590. The third kappa shape index (κ3) is 2.08. The Morgan fingerprint density at radius 3 is 2.82 bits per heavy atom. The maximum absolute atomic E-state index is 13.2. The Morgan fingerprint density at radius 1 is 1.29 bits per heavy atom. The second-order valence-electron chi connectivity index (χ2n) is 3.36. The fourth-order valence-corrected chi connectivity index (χ4v) is 1.60. The highest BCUT2D eigenvalue weighted by Gasteiger charge is 2.11. The van der Waals surface area contributed by atoms with Crippen LogP contribution in [0.5, 0.6) is 5.88 Å². The second kappa shape index (κ2) is 4.62. The van der Waals surface area contributed by atoms with Gasteiger partial charge in [0.1, 0.15) is 5.82 Å². The van der Waals surface area contributed by atoms with Gasteiger partial charge >= 0.3 is 0 Å². The summed E-state index contributed by atoms with van der Waals surface area (Å²) in [4.78, 5) is 4.02. The molecule has 2 rings (SSSR count). The maximum atomic E-state index is 13.2. The lowest BCUT2D eigenvalue weighted by molar-refractivity contribution is 0.399. The van der Waals surface area contributed by atoms with E-state index in [1.807, 2.05) is 6.07 Å². The summed E-state index contributed by atoms with van der Waals surface area (Å²) in [5, 5.41) is 9.00. The molecule has 0 saturated carbocycles. The van der Waals surface area contributed by atoms with E-state index in [9.17, 15) is 4.39 Å². The first-order valence-corrected chi connectivity index (χ1v) is 4.95. The Kier molecular flexibility index (Phi) is 3.01. The molecule has 4 heteroatoms. The molecule has 0 atom stereocenters. The van der Waals surface area contributed by atoms with Gasteiger partial charge in [0.25, 0.3) is 0 Å². The van der Waals surface area contributed by atoms with Crippen molar-refractivity contribution in [3.63, 3.8) is 0 Å². The summed E-state index contributed by atoms with van der Waals surface area (Å²) in [5.74, 6) is -0.0282. The summed E-state index contributed by atoms with van der Waals surface area (Å²) < 4.78 is 18.3. The van der Waals surface area contributed by atoms with Crippen molar-refractivity contribution in [2.75, 3.05) is 7.11 Å². The number of hydrogen-bond donors (Lipinski definition) is 0. The standard InChI is InChI=1S/C13H9FN2O/c1-17-13-11(3-2-6-16-13)12-7-10(14)5-4-9(12)8-15/h2-7H,1H3. The van der Waals surface area contributed by atoms with Gasteiger partial charge < -0.3 is 4.74 Å². The number of aromatic nitrogens is 1. The molecule has 0 spiro atoms. The molecule has 17 heavy (non-hydrogen) atoms. The average Bonchev–Trinajstić information content (AvgIpc) is 2.38. The Hall–Kier alpha value is -2.41. The van der Waals surface area contributed by atoms with Crippen LogP contribution in [-0.4, -0.2) is 12.1 Å². The largest absolute Gasteiger partial charge is 0.481 e. The van der Waals surface area contributed by atoms with E-state index in [-0.39, 0.29) is 0 Å². The molecule has 0 N–H and O–H groups in total. The number of nitrogens with zero attached hydrogens (tertiary/aromatic N) is 2. The number of hydrogen-bond acceptors (Lipinski definition) is 3. The zero-order valence-electron chi connectivity index (χ0n) is 9.14. The lowest BCUT2D eigenvalue weighted by atomic mass is 10.0. The third-order valence-electron chi connectivity index (χ3n) is 2.36. The number of ether oxygens (including phenoxy) is 1. The van der Waals surface area contributed by atoms with Crippen LogP contribution in [0.15, 0.2) is 36.5 Å². The van der Waals surface area contributed by atoms with Crippen LogP contribution in [0.25, 0.3) is 11.1 Å². The van der Waals surface area contributed by atoms with E-state index in [1.165, 1.54) is 25.3 Å². The van der Waals surface area contributed by atoms with Crippen molar-refractivity contribution in [1.29, 1.82) is 5.26 Å². The van der Waals surface area contributed by atoms with E-state index in [4.69, 9.17) is 10.00 Å². The average molecular weight is 228 g/mol. The first-order valence-electron chi connectivity index (χ1n) is 4.95. The number of nitriles is 1. The molecule has 0 aliphatic heterocycles. The molecule has 1 heterocycles. The van der Waals surface area contributed by atoms with Crippen LogP contribution in [-0.2, 0) is 0 Å². The Morgan fingerprint density at radius 2 is 2.12 bits per heavy atom. The molecule has 3 nitrogen and oxygen atoms in total. The van der Waals surface area contributed by atoms with Gasteiger partial charge in [-0.3, -0.25) is 0 Å². The van der Waals surface area contributed by atoms with E-state index in [2.05, 4.69) is 4.98 Å². The molecular formula is C13H9FN2O. The molecule has 0 fully saturated rings. The van der Waals surface area contributed by atoms with Crippen LogP contribution >= 0.6 is 0 Å². The van der Waals surface area contributed by atoms with Crippen LogP contribution in [0.3, 0.4) is 0 Å². The second-order valence-corrected chi connectivity index (χ2v) is 3.36. The number of rotatable bonds is 2. The first-order chi connectivity index (χ1) is 8.26. The summed E-state index contributed by atoms with van der Waals surface area (Å²) in [6.45, 7) is 0. The summed E-state index contributed by atoms with van der Waals surface area (Å²) in [6, 6.07) is 9.47. The topological polar surface area (TPSA) is 45.9 Å². The van der Waals surface area contributed by atoms with Gasteiger partial charge in [-0.05, 0) is 30.3 Å². The molecule has 0 saturated heterocycles. The predicted molar refractivity (Wildman–Crippen MR) is 60.9 cm³/mol. The van der Waals surface area contributed by atoms with Crippen molar-refractivity contribution in [3.8, 4) is 23.1 Å². The molecule has 0 amide bonds. The summed E-state index contributed by atoms with van der Waals surface area (Å²) in [7, 11) is 1.48. The van der Waals surface area contributed by atoms with Gasteiger partial charge in [0.15, 0.2) is 0 Å². The molecule has 0 aliphatic carbocycles. The van der Waals surface area contributed by atoms with E-state index in [0.29, 0.717) is 22.6 Å². The van der Waals surface area contributed by atoms with Crippen LogP contribution in [0, 0.1) is 17.1 Å². The number of pyridine rings is 1. The highest BCUT2D eigenvalue weighted by Crippen LogP contribution is 2.30. The number of benzene rings is 1. The molecule has 2 aromatic rings. The number of halogens is 1. The molecule has 0 radical (unpaired) electrons. The fourth-order valence-electron chi connectivity index (χ4n) is 1.60. The minimum Gasteiger partial charge on any atom is -0.481 e. The third-order valence-corrected chi connectivity index (χ3v) is 2.36. The Balaban J connectivity index is 2.68. The van der Waals surface area contributed by atoms with Gasteiger partial charge in [-0.2, -0.15) is 5.26 Å². The van der Waals surface area contributed by atoms with Crippen LogP contribution in [0.2, 0.25) is 0 Å². The van der Waals surface area contributed by atoms with Crippen molar-refractivity contribution in [3.05, 3.63) is 47.9 Å². The zero-order valence-corrected chi connectivity index (χ0v) is 9.14. The van der Waals surface area contributed by atoms with Crippen LogP contribution in [0.4, 0.5) is 4.39 Å². The van der Waals surface area contributed by atoms with Gasteiger partial charge in [-0.25, -0.2) is 9.37 Å². The Labute approximate surface area is 98.1 Å². The van der Waals surface area contributed by atoms with Gasteiger partial charge in [0.05, 0.1) is 18.7 Å². The summed E-state index contributed by atoms with van der Waals surface area (Å²) in [5.41, 5.74) is 1.47. The monoisotopic (exact) mass is 228 g/mol. The van der Waals surface area contributed by atoms with Crippen molar-refractivity contribution < 1.29 is 9.13 Å². The van der Waals surface area contributed by atoms with Crippen LogP contribution < -0.4 is 4.74 Å². The highest BCUT2D eigenvalue weighted by atomic mass is 19.1. The van der Waals surface area contributed by atoms with Crippen molar-refractivity contribution in [2.24, 2.45) is 0 Å². The minimum atomic E-state index is -0.398. The van der Waals surface area contributed by atoms with Gasteiger partial charge in [-0.1, -0.05) is 0 Å². The van der Waals surface area contributed by atoms with Gasteiger partial charge in [0, 0.05) is 17.3 Å². The maximum Gasteiger partial charge on any atom is 0.221 e. The minimum absolute atomic E-state index is 0.370. The highest BCUT2D eigenvalue weighted by molar-refractivity contribution is 5.74. The zero-order chi connectivity index (χ0) is 12.3. The molecule has 84 valence electrons. The quantitative estimate of drug-likeness (QED) is 0.793. The molecule has 0 bridgehead atoms. The first kappa shape index (κ1) is 11.1. The summed E-state index contributed by atoms with van der Waals surface area (Å²) >= 11 is 0. The van der Waals surface area contributed by atoms with Crippen LogP contribution in [0.1, 0.15) is 5.56 Å². The van der Waals surface area contributed by atoms with Gasteiger partial charge in [0.2, 0.25) is 5.88 Å².